The van der Waals surface area contributed by atoms with Gasteiger partial charge >= 0.3 is 0 Å². The van der Waals surface area contributed by atoms with E-state index < -0.39 is 0 Å². The van der Waals surface area contributed by atoms with Crippen LogP contribution in [0.3, 0.4) is 0 Å². The fraction of sp³-hybridized carbons (Fsp3) is 0.250. The Morgan fingerprint density at radius 2 is 2.04 bits per heavy atom. The normalized spacial score (nSPS) is 10.6. The standard InChI is InChI=1S/C20H20FN3O3/c1-3-11-26-20-15(5-4-10-22-20)12-23-19(25)17-13(2)27-24-18(17)14-6-8-16(21)9-7-14/h4-10H,3,11-12H2,1-2H3,(H,23,25). The largest absolute Gasteiger partial charge is 0.477 e. The van der Waals surface area contributed by atoms with Crippen LogP contribution < -0.4 is 10.1 Å². The van der Waals surface area contributed by atoms with Crippen molar-refractivity contribution in [1.82, 2.24) is 15.5 Å². The second-order valence-corrected chi connectivity index (χ2v) is 5.97. The van der Waals surface area contributed by atoms with Crippen LogP contribution in [0.4, 0.5) is 4.39 Å². The maximum absolute atomic E-state index is 13.2. The fourth-order valence-electron chi connectivity index (χ4n) is 2.60. The predicted molar refractivity (Wildman–Crippen MR) is 97.8 cm³/mol. The molecular formula is C20H20FN3O3. The Morgan fingerprint density at radius 1 is 1.26 bits per heavy atom. The highest BCUT2D eigenvalue weighted by Gasteiger charge is 2.21. The van der Waals surface area contributed by atoms with E-state index in [0.717, 1.165) is 12.0 Å². The molecule has 3 aromatic rings. The summed E-state index contributed by atoms with van der Waals surface area (Å²) in [5.41, 5.74) is 2.07. The molecule has 1 aromatic carbocycles. The van der Waals surface area contributed by atoms with Crippen LogP contribution in [-0.2, 0) is 6.54 Å². The summed E-state index contributed by atoms with van der Waals surface area (Å²) in [5, 5.41) is 6.80. The molecule has 0 atom stereocenters. The van der Waals surface area contributed by atoms with E-state index in [1.165, 1.54) is 12.1 Å². The third-order valence-corrected chi connectivity index (χ3v) is 3.94. The summed E-state index contributed by atoms with van der Waals surface area (Å²) in [6.07, 6.45) is 2.51. The van der Waals surface area contributed by atoms with Crippen molar-refractivity contribution >= 4 is 5.91 Å². The Labute approximate surface area is 156 Å². The number of ether oxygens (including phenoxy) is 1. The van der Waals surface area contributed by atoms with Gasteiger partial charge in [0.05, 0.1) is 6.61 Å². The molecule has 0 saturated heterocycles. The van der Waals surface area contributed by atoms with E-state index in [9.17, 15) is 9.18 Å². The van der Waals surface area contributed by atoms with Gasteiger partial charge in [-0.1, -0.05) is 18.1 Å². The van der Waals surface area contributed by atoms with Gasteiger partial charge in [-0.15, -0.1) is 0 Å². The van der Waals surface area contributed by atoms with Gasteiger partial charge in [-0.2, -0.15) is 0 Å². The minimum Gasteiger partial charge on any atom is -0.477 e. The van der Waals surface area contributed by atoms with Gasteiger partial charge in [0.15, 0.2) is 0 Å². The molecule has 0 radical (unpaired) electrons. The molecule has 0 bridgehead atoms. The second kappa shape index (κ2) is 8.44. The molecule has 0 spiro atoms. The van der Waals surface area contributed by atoms with Gasteiger partial charge in [0.2, 0.25) is 5.88 Å². The lowest BCUT2D eigenvalue weighted by molar-refractivity contribution is 0.0949. The molecule has 7 heteroatoms. The van der Waals surface area contributed by atoms with E-state index in [-0.39, 0.29) is 18.3 Å². The first-order chi connectivity index (χ1) is 13.1. The summed E-state index contributed by atoms with van der Waals surface area (Å²) >= 11 is 0. The number of nitrogens with one attached hydrogen (secondary N) is 1. The van der Waals surface area contributed by atoms with Gasteiger partial charge in [0, 0.05) is 23.9 Å². The van der Waals surface area contributed by atoms with Crippen molar-refractivity contribution < 1.29 is 18.4 Å². The van der Waals surface area contributed by atoms with Crippen molar-refractivity contribution in [3.8, 4) is 17.1 Å². The predicted octanol–water partition coefficient (Wildman–Crippen LogP) is 3.90. The van der Waals surface area contributed by atoms with Gasteiger partial charge in [0.25, 0.3) is 5.91 Å². The lowest BCUT2D eigenvalue weighted by Gasteiger charge is -2.10. The number of benzene rings is 1. The van der Waals surface area contributed by atoms with Gasteiger partial charge in [0.1, 0.15) is 22.8 Å². The zero-order valence-corrected chi connectivity index (χ0v) is 15.2. The average Bonchev–Trinajstić information content (AvgIpc) is 3.07. The van der Waals surface area contributed by atoms with Crippen molar-refractivity contribution in [3.63, 3.8) is 0 Å². The summed E-state index contributed by atoms with van der Waals surface area (Å²) in [7, 11) is 0. The Bertz CT molecular complexity index is 922. The summed E-state index contributed by atoms with van der Waals surface area (Å²) < 4.78 is 24.0. The number of rotatable bonds is 7. The number of amides is 1. The molecule has 6 nitrogen and oxygen atoms in total. The van der Waals surface area contributed by atoms with E-state index in [0.29, 0.717) is 35.1 Å². The van der Waals surface area contributed by atoms with Crippen LogP contribution in [0.2, 0.25) is 0 Å². The van der Waals surface area contributed by atoms with Crippen LogP contribution in [-0.4, -0.2) is 22.7 Å². The third kappa shape index (κ3) is 4.31. The number of carbonyl (C=O) groups is 1. The molecule has 27 heavy (non-hydrogen) atoms. The molecule has 0 aliphatic carbocycles. The summed E-state index contributed by atoms with van der Waals surface area (Å²) in [4.78, 5) is 16.9. The molecule has 0 aliphatic heterocycles. The number of carbonyl (C=O) groups excluding carboxylic acids is 1. The van der Waals surface area contributed by atoms with Crippen LogP contribution in [0.5, 0.6) is 5.88 Å². The Balaban J connectivity index is 1.78. The van der Waals surface area contributed by atoms with Crippen molar-refractivity contribution in [2.24, 2.45) is 0 Å². The fourth-order valence-corrected chi connectivity index (χ4v) is 2.60. The molecule has 0 fully saturated rings. The third-order valence-electron chi connectivity index (χ3n) is 3.94. The zero-order valence-electron chi connectivity index (χ0n) is 15.2. The molecule has 1 amide bonds. The maximum Gasteiger partial charge on any atom is 0.257 e. The lowest BCUT2D eigenvalue weighted by Crippen LogP contribution is -2.24. The lowest BCUT2D eigenvalue weighted by atomic mass is 10.1. The SMILES string of the molecule is CCCOc1ncccc1CNC(=O)c1c(-c2ccc(F)cc2)noc1C. The number of nitrogens with zero attached hydrogens (tertiary/aromatic N) is 2. The Hall–Kier alpha value is -3.22. The van der Waals surface area contributed by atoms with Crippen LogP contribution in [0.15, 0.2) is 47.1 Å². The summed E-state index contributed by atoms with van der Waals surface area (Å²) in [6.45, 7) is 4.47. The number of halogens is 1. The number of hydrogen-bond acceptors (Lipinski definition) is 5. The van der Waals surface area contributed by atoms with E-state index >= 15 is 0 Å². The Kier molecular flexibility index (Phi) is 5.80. The smallest absolute Gasteiger partial charge is 0.257 e. The highest BCUT2D eigenvalue weighted by molar-refractivity contribution is 6.00. The molecule has 140 valence electrons. The van der Waals surface area contributed by atoms with Gasteiger partial charge < -0.3 is 14.6 Å². The monoisotopic (exact) mass is 369 g/mol. The van der Waals surface area contributed by atoms with Gasteiger partial charge in [-0.05, 0) is 43.7 Å². The minimum absolute atomic E-state index is 0.249. The zero-order chi connectivity index (χ0) is 19.2. The number of aromatic nitrogens is 2. The number of pyridine rings is 1. The Morgan fingerprint density at radius 3 is 2.78 bits per heavy atom. The molecular weight excluding hydrogens is 349 g/mol. The van der Waals surface area contributed by atoms with Crippen LogP contribution in [0, 0.1) is 12.7 Å². The molecule has 1 N–H and O–H groups in total. The number of hydrogen-bond donors (Lipinski definition) is 1. The maximum atomic E-state index is 13.2. The van der Waals surface area contributed by atoms with E-state index in [1.807, 2.05) is 13.0 Å². The molecule has 3 rings (SSSR count). The average molecular weight is 369 g/mol. The minimum atomic E-state index is -0.360. The van der Waals surface area contributed by atoms with E-state index in [2.05, 4.69) is 15.5 Å². The molecule has 2 aromatic heterocycles. The highest BCUT2D eigenvalue weighted by atomic mass is 19.1. The molecule has 2 heterocycles. The molecule has 0 unspecified atom stereocenters. The highest BCUT2D eigenvalue weighted by Crippen LogP contribution is 2.25. The van der Waals surface area contributed by atoms with Crippen molar-refractivity contribution in [2.45, 2.75) is 26.8 Å². The van der Waals surface area contributed by atoms with Crippen LogP contribution in [0.1, 0.15) is 35.0 Å². The van der Waals surface area contributed by atoms with Gasteiger partial charge in [-0.25, -0.2) is 9.37 Å². The van der Waals surface area contributed by atoms with Gasteiger partial charge in [-0.3, -0.25) is 4.79 Å². The first-order valence-electron chi connectivity index (χ1n) is 8.67. The summed E-state index contributed by atoms with van der Waals surface area (Å²) in [5.74, 6) is 0.195. The quantitative estimate of drug-likeness (QED) is 0.683. The van der Waals surface area contributed by atoms with Crippen molar-refractivity contribution in [1.29, 1.82) is 0 Å². The topological polar surface area (TPSA) is 77.2 Å². The van der Waals surface area contributed by atoms with Crippen molar-refractivity contribution in [2.75, 3.05) is 6.61 Å². The van der Waals surface area contributed by atoms with Crippen LogP contribution >= 0.6 is 0 Å². The number of aryl methyl sites for hydroxylation is 1. The first kappa shape index (κ1) is 18.6. The molecule has 0 saturated carbocycles. The summed E-state index contributed by atoms with van der Waals surface area (Å²) in [6, 6.07) is 9.37. The van der Waals surface area contributed by atoms with E-state index in [1.54, 1.807) is 31.3 Å². The second-order valence-electron chi connectivity index (χ2n) is 5.97. The van der Waals surface area contributed by atoms with Crippen molar-refractivity contribution in [3.05, 3.63) is 65.3 Å². The van der Waals surface area contributed by atoms with Crippen LogP contribution in [0.25, 0.3) is 11.3 Å². The first-order valence-corrected chi connectivity index (χ1v) is 8.67. The molecule has 0 aliphatic rings. The van der Waals surface area contributed by atoms with E-state index in [4.69, 9.17) is 9.26 Å².